The summed E-state index contributed by atoms with van der Waals surface area (Å²) in [6.07, 6.45) is 0. The fraction of sp³-hybridized carbons (Fsp3) is 0.125. The average molecular weight is 282 g/mol. The van der Waals surface area contributed by atoms with Crippen LogP contribution < -0.4 is 10.1 Å². The fourth-order valence-electron chi connectivity index (χ4n) is 1.82. The van der Waals surface area contributed by atoms with E-state index in [0.29, 0.717) is 22.6 Å². The molecule has 0 saturated carbocycles. The van der Waals surface area contributed by atoms with Crippen molar-refractivity contribution in [1.29, 1.82) is 5.26 Å². The molecule has 2 rings (SSSR count). The topological polar surface area (TPSA) is 82.3 Å². The third kappa shape index (κ3) is 3.51. The zero-order chi connectivity index (χ0) is 15.2. The molecular formula is C16H14N2O3. The molecular weight excluding hydrogens is 268 g/mol. The van der Waals surface area contributed by atoms with E-state index in [1.807, 2.05) is 6.07 Å². The minimum absolute atomic E-state index is 0.0197. The number of carbonyl (C=O) groups is 1. The van der Waals surface area contributed by atoms with Crippen molar-refractivity contribution in [3.63, 3.8) is 0 Å². The number of amides is 1. The van der Waals surface area contributed by atoms with Gasteiger partial charge in [0, 0.05) is 16.8 Å². The van der Waals surface area contributed by atoms with Crippen LogP contribution in [0.4, 0.5) is 5.69 Å². The number of phenolic OH excluding ortho intramolecular Hbond substituents is 1. The van der Waals surface area contributed by atoms with E-state index < -0.39 is 0 Å². The predicted octanol–water partition coefficient (Wildman–Crippen LogP) is 2.86. The van der Waals surface area contributed by atoms with Crippen LogP contribution in [0.1, 0.15) is 15.9 Å². The van der Waals surface area contributed by atoms with Gasteiger partial charge in [0.25, 0.3) is 5.91 Å². The van der Waals surface area contributed by atoms with Crippen molar-refractivity contribution >= 4 is 11.6 Å². The molecule has 1 amide bonds. The van der Waals surface area contributed by atoms with Crippen molar-refractivity contribution in [2.24, 2.45) is 0 Å². The summed E-state index contributed by atoms with van der Waals surface area (Å²) in [5.74, 6) is 0.347. The lowest BCUT2D eigenvalue weighted by molar-refractivity contribution is 0.102. The molecule has 2 aromatic carbocycles. The Kier molecular flexibility index (Phi) is 4.42. The van der Waals surface area contributed by atoms with E-state index in [1.54, 1.807) is 43.3 Å². The second-order valence-electron chi connectivity index (χ2n) is 4.37. The van der Waals surface area contributed by atoms with Crippen molar-refractivity contribution in [2.75, 3.05) is 11.9 Å². The molecule has 0 bridgehead atoms. The monoisotopic (exact) mass is 282 g/mol. The van der Waals surface area contributed by atoms with Gasteiger partial charge in [0.15, 0.2) is 6.61 Å². The molecule has 106 valence electrons. The number of hydrogen-bond donors (Lipinski definition) is 2. The van der Waals surface area contributed by atoms with Gasteiger partial charge in [-0.1, -0.05) is 6.07 Å². The van der Waals surface area contributed by atoms with E-state index >= 15 is 0 Å². The molecule has 0 aromatic heterocycles. The number of phenols is 1. The van der Waals surface area contributed by atoms with Crippen LogP contribution in [0.5, 0.6) is 11.5 Å². The molecule has 5 nitrogen and oxygen atoms in total. The fourth-order valence-corrected chi connectivity index (χ4v) is 1.82. The average Bonchev–Trinajstić information content (AvgIpc) is 2.49. The molecule has 0 radical (unpaired) electrons. The summed E-state index contributed by atoms with van der Waals surface area (Å²) in [5.41, 5.74) is 1.55. The third-order valence-corrected chi connectivity index (χ3v) is 2.97. The Morgan fingerprint density at radius 3 is 2.67 bits per heavy atom. The Morgan fingerprint density at radius 1 is 1.29 bits per heavy atom. The van der Waals surface area contributed by atoms with Gasteiger partial charge < -0.3 is 15.2 Å². The van der Waals surface area contributed by atoms with Crippen molar-refractivity contribution in [3.05, 3.63) is 53.6 Å². The largest absolute Gasteiger partial charge is 0.508 e. The van der Waals surface area contributed by atoms with Gasteiger partial charge in [-0.05, 0) is 43.3 Å². The molecule has 0 aliphatic heterocycles. The maximum atomic E-state index is 12.1. The summed E-state index contributed by atoms with van der Waals surface area (Å²) in [7, 11) is 0. The normalized spacial score (nSPS) is 9.71. The second kappa shape index (κ2) is 6.44. The molecule has 0 aliphatic rings. The van der Waals surface area contributed by atoms with Crippen LogP contribution >= 0.6 is 0 Å². The van der Waals surface area contributed by atoms with Crippen LogP contribution in [0.2, 0.25) is 0 Å². The van der Waals surface area contributed by atoms with E-state index in [0.717, 1.165) is 0 Å². The van der Waals surface area contributed by atoms with Crippen molar-refractivity contribution in [1.82, 2.24) is 0 Å². The summed E-state index contributed by atoms with van der Waals surface area (Å²) in [4.78, 5) is 12.1. The highest BCUT2D eigenvalue weighted by Gasteiger charge is 2.11. The van der Waals surface area contributed by atoms with Crippen LogP contribution in [0.15, 0.2) is 42.5 Å². The molecule has 2 aromatic rings. The van der Waals surface area contributed by atoms with E-state index in [9.17, 15) is 9.90 Å². The van der Waals surface area contributed by atoms with Gasteiger partial charge in [-0.25, -0.2) is 0 Å². The SMILES string of the molecule is Cc1c(O)cccc1C(=O)Nc1ccc(OCC#N)cc1. The molecule has 0 atom stereocenters. The third-order valence-electron chi connectivity index (χ3n) is 2.97. The highest BCUT2D eigenvalue weighted by Crippen LogP contribution is 2.21. The smallest absolute Gasteiger partial charge is 0.256 e. The Hall–Kier alpha value is -3.00. The first kappa shape index (κ1) is 14.4. The van der Waals surface area contributed by atoms with Crippen LogP contribution in [-0.4, -0.2) is 17.6 Å². The lowest BCUT2D eigenvalue weighted by Crippen LogP contribution is -2.13. The molecule has 21 heavy (non-hydrogen) atoms. The van der Waals surface area contributed by atoms with E-state index in [-0.39, 0.29) is 18.3 Å². The van der Waals surface area contributed by atoms with Crippen LogP contribution in [-0.2, 0) is 0 Å². The highest BCUT2D eigenvalue weighted by molar-refractivity contribution is 6.05. The van der Waals surface area contributed by atoms with Crippen LogP contribution in [0, 0.1) is 18.3 Å². The number of ether oxygens (including phenoxy) is 1. The molecule has 0 spiro atoms. The minimum Gasteiger partial charge on any atom is -0.508 e. The summed E-state index contributed by atoms with van der Waals surface area (Å²) in [5, 5.41) is 20.8. The van der Waals surface area contributed by atoms with E-state index in [4.69, 9.17) is 10.00 Å². The second-order valence-corrected chi connectivity index (χ2v) is 4.37. The number of hydrogen-bond acceptors (Lipinski definition) is 4. The molecule has 0 saturated heterocycles. The first-order valence-corrected chi connectivity index (χ1v) is 6.31. The molecule has 0 fully saturated rings. The number of carbonyl (C=O) groups excluding carboxylic acids is 1. The number of anilines is 1. The number of rotatable bonds is 4. The first-order chi connectivity index (χ1) is 10.1. The number of aromatic hydroxyl groups is 1. The van der Waals surface area contributed by atoms with Gasteiger partial charge in [0.1, 0.15) is 17.6 Å². The van der Waals surface area contributed by atoms with E-state index in [1.165, 1.54) is 6.07 Å². The van der Waals surface area contributed by atoms with Crippen LogP contribution in [0.25, 0.3) is 0 Å². The zero-order valence-corrected chi connectivity index (χ0v) is 11.5. The number of nitriles is 1. The van der Waals surface area contributed by atoms with Gasteiger partial charge >= 0.3 is 0 Å². The Balaban J connectivity index is 2.09. The molecule has 0 heterocycles. The molecule has 0 unspecified atom stereocenters. The lowest BCUT2D eigenvalue weighted by Gasteiger charge is -2.09. The predicted molar refractivity (Wildman–Crippen MR) is 78.3 cm³/mol. The molecule has 0 aliphatic carbocycles. The minimum atomic E-state index is -0.297. The maximum Gasteiger partial charge on any atom is 0.256 e. The van der Waals surface area contributed by atoms with Crippen LogP contribution in [0.3, 0.4) is 0 Å². The lowest BCUT2D eigenvalue weighted by atomic mass is 10.1. The van der Waals surface area contributed by atoms with Gasteiger partial charge in [-0.2, -0.15) is 5.26 Å². The standard InChI is InChI=1S/C16H14N2O3/c1-11-14(3-2-4-15(11)19)16(20)18-12-5-7-13(8-6-12)21-10-9-17/h2-8,19H,10H2,1H3,(H,18,20). The van der Waals surface area contributed by atoms with Crippen molar-refractivity contribution in [3.8, 4) is 17.6 Å². The zero-order valence-electron chi connectivity index (χ0n) is 11.5. The van der Waals surface area contributed by atoms with Crippen molar-refractivity contribution < 1.29 is 14.6 Å². The number of nitrogens with zero attached hydrogens (tertiary/aromatic N) is 1. The Labute approximate surface area is 122 Å². The summed E-state index contributed by atoms with van der Waals surface area (Å²) in [6.45, 7) is 1.66. The van der Waals surface area contributed by atoms with Gasteiger partial charge in [-0.15, -0.1) is 0 Å². The highest BCUT2D eigenvalue weighted by atomic mass is 16.5. The summed E-state index contributed by atoms with van der Waals surface area (Å²) in [6, 6.07) is 13.4. The van der Waals surface area contributed by atoms with Gasteiger partial charge in [0.2, 0.25) is 0 Å². The first-order valence-electron chi connectivity index (χ1n) is 6.31. The molecule has 5 heteroatoms. The summed E-state index contributed by atoms with van der Waals surface area (Å²) < 4.78 is 5.13. The summed E-state index contributed by atoms with van der Waals surface area (Å²) >= 11 is 0. The van der Waals surface area contributed by atoms with Gasteiger partial charge in [-0.3, -0.25) is 4.79 Å². The Bertz CT molecular complexity index is 688. The molecule has 2 N–H and O–H groups in total. The van der Waals surface area contributed by atoms with Gasteiger partial charge in [0.05, 0.1) is 0 Å². The maximum absolute atomic E-state index is 12.1. The Morgan fingerprint density at radius 2 is 2.00 bits per heavy atom. The quantitative estimate of drug-likeness (QED) is 0.903. The van der Waals surface area contributed by atoms with Crippen molar-refractivity contribution in [2.45, 2.75) is 6.92 Å². The number of benzene rings is 2. The number of nitrogens with one attached hydrogen (secondary N) is 1. The van der Waals surface area contributed by atoms with E-state index in [2.05, 4.69) is 5.32 Å².